The van der Waals surface area contributed by atoms with Crippen molar-refractivity contribution in [2.24, 2.45) is 0 Å². The molecule has 0 amide bonds. The Hall–Kier alpha value is -0.850. The van der Waals surface area contributed by atoms with Crippen LogP contribution in [0.3, 0.4) is 0 Å². The molecule has 0 saturated heterocycles. The molecule has 18 heavy (non-hydrogen) atoms. The predicted molar refractivity (Wildman–Crippen MR) is 79.6 cm³/mol. The van der Waals surface area contributed by atoms with Gasteiger partial charge in [0.25, 0.3) is 0 Å². The Bertz CT molecular complexity index is 289. The minimum atomic E-state index is 0.838. The van der Waals surface area contributed by atoms with Crippen molar-refractivity contribution in [1.29, 1.82) is 0 Å². The Morgan fingerprint density at radius 1 is 0.944 bits per heavy atom. The van der Waals surface area contributed by atoms with Crippen molar-refractivity contribution in [2.45, 2.75) is 71.1 Å². The molecule has 0 aliphatic carbocycles. The highest BCUT2D eigenvalue weighted by Crippen LogP contribution is 2.10. The van der Waals surface area contributed by atoms with Gasteiger partial charge in [-0.1, -0.05) is 57.9 Å². The number of hydrogen-bond donors (Lipinski definition) is 0. The van der Waals surface area contributed by atoms with Gasteiger partial charge in [0, 0.05) is 11.9 Å². The second-order valence-corrected chi connectivity index (χ2v) is 5.13. The first-order valence-corrected chi connectivity index (χ1v) is 7.60. The van der Waals surface area contributed by atoms with Gasteiger partial charge >= 0.3 is 0 Å². The first-order chi connectivity index (χ1) is 8.86. The highest BCUT2D eigenvalue weighted by atomic mass is 14.7. The molecule has 1 heteroatoms. The molecule has 0 N–H and O–H groups in total. The minimum absolute atomic E-state index is 0.838. The fourth-order valence-corrected chi connectivity index (χ4v) is 2.19. The summed E-state index contributed by atoms with van der Waals surface area (Å²) in [4.78, 5) is 4.47. The van der Waals surface area contributed by atoms with Crippen LogP contribution in [0.15, 0.2) is 18.3 Å². The molecule has 1 heterocycles. The Morgan fingerprint density at radius 2 is 1.61 bits per heavy atom. The number of unbranched alkanes of at least 4 members (excludes halogenated alkanes) is 7. The molecule has 0 fully saturated rings. The van der Waals surface area contributed by atoms with Crippen LogP contribution in [0.4, 0.5) is 0 Å². The van der Waals surface area contributed by atoms with E-state index >= 15 is 0 Å². The summed E-state index contributed by atoms with van der Waals surface area (Å²) in [6, 6.07) is 4.31. The van der Waals surface area contributed by atoms with Gasteiger partial charge in [0.2, 0.25) is 0 Å². The van der Waals surface area contributed by atoms with Crippen LogP contribution in [0, 0.1) is 6.92 Å². The lowest BCUT2D eigenvalue weighted by Gasteiger charge is -2.03. The number of rotatable bonds is 10. The SMILES string of the molecule is [CH2]Cc1ccc(CCCCCCCCCC)nc1. The zero-order valence-corrected chi connectivity index (χ0v) is 12.0. The largest absolute Gasteiger partial charge is 0.261 e. The van der Waals surface area contributed by atoms with E-state index in [4.69, 9.17) is 0 Å². The van der Waals surface area contributed by atoms with Gasteiger partial charge in [0.1, 0.15) is 0 Å². The molecular weight excluding hydrogens is 218 g/mol. The van der Waals surface area contributed by atoms with Gasteiger partial charge in [0.05, 0.1) is 0 Å². The van der Waals surface area contributed by atoms with Crippen LogP contribution in [-0.4, -0.2) is 4.98 Å². The Morgan fingerprint density at radius 3 is 2.17 bits per heavy atom. The third-order valence-electron chi connectivity index (χ3n) is 3.46. The van der Waals surface area contributed by atoms with Crippen LogP contribution in [-0.2, 0) is 12.8 Å². The van der Waals surface area contributed by atoms with Gasteiger partial charge in [-0.15, -0.1) is 0 Å². The molecule has 0 aliphatic heterocycles. The summed E-state index contributed by atoms with van der Waals surface area (Å²) in [7, 11) is 0. The lowest BCUT2D eigenvalue weighted by atomic mass is 10.1. The summed E-state index contributed by atoms with van der Waals surface area (Å²) in [5, 5.41) is 0. The monoisotopic (exact) mass is 246 g/mol. The van der Waals surface area contributed by atoms with E-state index < -0.39 is 0 Å². The summed E-state index contributed by atoms with van der Waals surface area (Å²) in [5.41, 5.74) is 2.47. The third kappa shape index (κ3) is 6.78. The van der Waals surface area contributed by atoms with Crippen molar-refractivity contribution in [1.82, 2.24) is 4.98 Å². The van der Waals surface area contributed by atoms with E-state index in [1.165, 1.54) is 62.6 Å². The average Bonchev–Trinajstić information content (AvgIpc) is 2.42. The van der Waals surface area contributed by atoms with Crippen molar-refractivity contribution in [2.75, 3.05) is 0 Å². The fraction of sp³-hybridized carbons (Fsp3) is 0.647. The van der Waals surface area contributed by atoms with Crippen LogP contribution in [0.2, 0.25) is 0 Å². The molecule has 1 aromatic heterocycles. The van der Waals surface area contributed by atoms with E-state index in [0.717, 1.165) is 12.8 Å². The first kappa shape index (κ1) is 15.2. The van der Waals surface area contributed by atoms with Gasteiger partial charge in [-0.2, -0.15) is 0 Å². The van der Waals surface area contributed by atoms with Crippen LogP contribution in [0.25, 0.3) is 0 Å². The molecule has 0 saturated carbocycles. The molecule has 1 nitrogen and oxygen atoms in total. The van der Waals surface area contributed by atoms with Gasteiger partial charge in [-0.05, 0) is 37.8 Å². The van der Waals surface area contributed by atoms with Crippen LogP contribution in [0.1, 0.15) is 69.5 Å². The fourth-order valence-electron chi connectivity index (χ4n) is 2.19. The van der Waals surface area contributed by atoms with E-state index in [2.05, 4.69) is 31.0 Å². The summed E-state index contributed by atoms with van der Waals surface area (Å²) >= 11 is 0. The van der Waals surface area contributed by atoms with Crippen molar-refractivity contribution in [3.8, 4) is 0 Å². The van der Waals surface area contributed by atoms with Gasteiger partial charge in [-0.25, -0.2) is 0 Å². The molecule has 1 radical (unpaired) electrons. The molecule has 0 bridgehead atoms. The van der Waals surface area contributed by atoms with E-state index in [1.54, 1.807) is 0 Å². The number of pyridine rings is 1. The predicted octanol–water partition coefficient (Wildman–Crippen LogP) is 5.14. The van der Waals surface area contributed by atoms with Crippen molar-refractivity contribution < 1.29 is 0 Å². The Balaban J connectivity index is 2.00. The van der Waals surface area contributed by atoms with Gasteiger partial charge < -0.3 is 0 Å². The first-order valence-electron chi connectivity index (χ1n) is 7.60. The highest BCUT2D eigenvalue weighted by molar-refractivity contribution is 5.14. The molecule has 0 aliphatic rings. The maximum atomic E-state index is 4.47. The van der Waals surface area contributed by atoms with Gasteiger partial charge in [-0.3, -0.25) is 4.98 Å². The second-order valence-electron chi connectivity index (χ2n) is 5.13. The standard InChI is InChI=1S/C17H28N/c1-3-5-6-7-8-9-10-11-12-17-14-13-16(4-2)15-18-17/h13-15H,2-12H2,1H3. The molecule has 1 aromatic rings. The minimum Gasteiger partial charge on any atom is -0.261 e. The smallest absolute Gasteiger partial charge is 0.0403 e. The molecule has 101 valence electrons. The summed E-state index contributed by atoms with van der Waals surface area (Å²) in [6.45, 7) is 6.13. The number of nitrogens with zero attached hydrogens (tertiary/aromatic N) is 1. The van der Waals surface area contributed by atoms with E-state index in [0.29, 0.717) is 0 Å². The second kappa shape index (κ2) is 10.1. The lowest BCUT2D eigenvalue weighted by molar-refractivity contribution is 0.574. The number of aromatic nitrogens is 1. The van der Waals surface area contributed by atoms with Crippen LogP contribution < -0.4 is 0 Å². The lowest BCUT2D eigenvalue weighted by Crippen LogP contribution is -1.92. The molecule has 0 aromatic carbocycles. The normalized spacial score (nSPS) is 10.8. The summed E-state index contributed by atoms with van der Waals surface area (Å²) in [6.07, 6.45) is 15.0. The molecular formula is C17H28N. The molecule has 0 unspecified atom stereocenters. The maximum Gasteiger partial charge on any atom is 0.0403 e. The molecule has 0 spiro atoms. The molecule has 0 atom stereocenters. The van der Waals surface area contributed by atoms with Crippen LogP contribution >= 0.6 is 0 Å². The van der Waals surface area contributed by atoms with Crippen molar-refractivity contribution in [3.63, 3.8) is 0 Å². The summed E-state index contributed by atoms with van der Waals surface area (Å²) < 4.78 is 0. The summed E-state index contributed by atoms with van der Waals surface area (Å²) in [5.74, 6) is 0. The Labute approximate surface area is 113 Å². The van der Waals surface area contributed by atoms with Crippen molar-refractivity contribution in [3.05, 3.63) is 36.5 Å². The van der Waals surface area contributed by atoms with E-state index in [-0.39, 0.29) is 0 Å². The van der Waals surface area contributed by atoms with Gasteiger partial charge in [0.15, 0.2) is 0 Å². The highest BCUT2D eigenvalue weighted by Gasteiger charge is 1.96. The zero-order valence-electron chi connectivity index (χ0n) is 12.0. The Kier molecular flexibility index (Phi) is 8.54. The quantitative estimate of drug-likeness (QED) is 0.521. The van der Waals surface area contributed by atoms with E-state index in [9.17, 15) is 0 Å². The average molecular weight is 246 g/mol. The van der Waals surface area contributed by atoms with Crippen molar-refractivity contribution >= 4 is 0 Å². The maximum absolute atomic E-state index is 4.47. The topological polar surface area (TPSA) is 12.9 Å². The van der Waals surface area contributed by atoms with Crippen LogP contribution in [0.5, 0.6) is 0 Å². The number of aryl methyl sites for hydroxylation is 1. The third-order valence-corrected chi connectivity index (χ3v) is 3.46. The molecule has 1 rings (SSSR count). The zero-order chi connectivity index (χ0) is 13.1. The van der Waals surface area contributed by atoms with E-state index in [1.807, 2.05) is 6.20 Å². The number of hydrogen-bond acceptors (Lipinski definition) is 1.